The largest absolute Gasteiger partial charge is 0.309 e. The summed E-state index contributed by atoms with van der Waals surface area (Å²) in [5.74, 6) is 0. The van der Waals surface area contributed by atoms with E-state index in [1.54, 1.807) is 0 Å². The molecule has 14 aromatic rings. The van der Waals surface area contributed by atoms with Gasteiger partial charge in [-0.2, -0.15) is 5.10 Å². The molecule has 0 amide bonds. The standard InChI is InChI=1S/C65H42N4/c1-4-20-44(21-5-1)62-63(46-22-6-2-7-23-46)66-69-64(47-24-8-3-9-25-47)61(55-30-10-11-31-56(55)65(62)69)45-38-36-43(37-39-45)48-40-49(67-57-32-16-12-26-51(57)52-27-13-17-33-58(52)67)42-50(41-48)68-59-34-18-14-28-53(59)54-29-15-19-35-60(54)68/h1-42H. The van der Waals surface area contributed by atoms with Crippen molar-refractivity contribution < 1.29 is 0 Å². The van der Waals surface area contributed by atoms with Gasteiger partial charge in [0.25, 0.3) is 0 Å². The molecular formula is C65H42N4. The number of hydrogen-bond acceptors (Lipinski definition) is 1. The molecule has 4 heterocycles. The maximum absolute atomic E-state index is 5.60. The predicted octanol–water partition coefficient (Wildman–Crippen LogP) is 17.0. The SMILES string of the molecule is c1ccc(-c2nn3c(-c4ccccc4)c(-c4ccc(-c5cc(-n6c7ccccc7c7ccccc76)cc(-n6c7ccccc7c7ccccc76)c5)cc4)c4ccccc4c3c2-c2ccccc2)cc1. The maximum atomic E-state index is 5.60. The summed E-state index contributed by atoms with van der Waals surface area (Å²) >= 11 is 0. The number of hydrogen-bond donors (Lipinski definition) is 0. The van der Waals surface area contributed by atoms with Crippen molar-refractivity contribution in [1.82, 2.24) is 18.7 Å². The second-order valence-electron chi connectivity index (χ2n) is 17.9. The highest BCUT2D eigenvalue weighted by molar-refractivity contribution is 6.15. The third-order valence-electron chi connectivity index (χ3n) is 14.0. The van der Waals surface area contributed by atoms with Gasteiger partial charge in [-0.15, -0.1) is 0 Å². The van der Waals surface area contributed by atoms with Gasteiger partial charge in [-0.1, -0.05) is 212 Å². The molecule has 0 spiro atoms. The van der Waals surface area contributed by atoms with Crippen molar-refractivity contribution in [3.63, 3.8) is 0 Å². The van der Waals surface area contributed by atoms with Crippen LogP contribution in [0.2, 0.25) is 0 Å². The molecule has 0 aliphatic heterocycles. The Morgan fingerprint density at radius 2 is 0.638 bits per heavy atom. The summed E-state index contributed by atoms with van der Waals surface area (Å²) in [6.07, 6.45) is 0. The van der Waals surface area contributed by atoms with Crippen LogP contribution in [0.3, 0.4) is 0 Å². The number of pyridine rings is 1. The first-order valence-corrected chi connectivity index (χ1v) is 23.6. The Hall–Kier alpha value is -9.25. The zero-order chi connectivity index (χ0) is 45.4. The van der Waals surface area contributed by atoms with Crippen molar-refractivity contribution in [3.8, 4) is 67.3 Å². The van der Waals surface area contributed by atoms with Crippen LogP contribution < -0.4 is 0 Å². The first kappa shape index (κ1) is 39.0. The Bertz CT molecular complexity index is 4030. The third kappa shape index (κ3) is 6.13. The normalized spacial score (nSPS) is 11.8. The lowest BCUT2D eigenvalue weighted by atomic mass is 9.90. The maximum Gasteiger partial charge on any atom is 0.101 e. The van der Waals surface area contributed by atoms with Crippen molar-refractivity contribution in [1.29, 1.82) is 0 Å². The molecule has 0 aliphatic rings. The summed E-state index contributed by atoms with van der Waals surface area (Å²) in [7, 11) is 0. The molecule has 0 bridgehead atoms. The summed E-state index contributed by atoms with van der Waals surface area (Å²) in [5.41, 5.74) is 19.0. The highest BCUT2D eigenvalue weighted by atomic mass is 15.2. The number of para-hydroxylation sites is 4. The van der Waals surface area contributed by atoms with Gasteiger partial charge in [-0.3, -0.25) is 0 Å². The number of aromatic nitrogens is 4. The van der Waals surface area contributed by atoms with Crippen LogP contribution in [0.4, 0.5) is 0 Å². The molecule has 4 nitrogen and oxygen atoms in total. The quantitative estimate of drug-likeness (QED) is 0.157. The van der Waals surface area contributed by atoms with Gasteiger partial charge < -0.3 is 9.13 Å². The lowest BCUT2D eigenvalue weighted by Gasteiger charge is -2.18. The molecule has 0 atom stereocenters. The molecule has 0 N–H and O–H groups in total. The average Bonchev–Trinajstić information content (AvgIpc) is 4.10. The molecule has 0 saturated heterocycles. The molecule has 69 heavy (non-hydrogen) atoms. The topological polar surface area (TPSA) is 27.2 Å². The molecule has 0 fully saturated rings. The van der Waals surface area contributed by atoms with Gasteiger partial charge in [0.2, 0.25) is 0 Å². The van der Waals surface area contributed by atoms with Crippen LogP contribution in [0.15, 0.2) is 255 Å². The zero-order valence-electron chi connectivity index (χ0n) is 37.5. The van der Waals surface area contributed by atoms with E-state index in [-0.39, 0.29) is 0 Å². The summed E-state index contributed by atoms with van der Waals surface area (Å²) in [4.78, 5) is 0. The second-order valence-corrected chi connectivity index (χ2v) is 17.9. The van der Waals surface area contributed by atoms with E-state index in [0.717, 1.165) is 78.2 Å². The Balaban J connectivity index is 1.02. The van der Waals surface area contributed by atoms with Crippen LogP contribution >= 0.6 is 0 Å². The van der Waals surface area contributed by atoms with Crippen LogP contribution in [-0.4, -0.2) is 18.7 Å². The van der Waals surface area contributed by atoms with Gasteiger partial charge in [0.05, 0.1) is 33.3 Å². The van der Waals surface area contributed by atoms with E-state index in [0.29, 0.717) is 0 Å². The average molecular weight is 879 g/mol. The minimum absolute atomic E-state index is 0.957. The van der Waals surface area contributed by atoms with Gasteiger partial charge in [0, 0.05) is 60.6 Å². The highest BCUT2D eigenvalue weighted by Crippen LogP contribution is 2.46. The number of nitrogens with zero attached hydrogens (tertiary/aromatic N) is 4. The van der Waals surface area contributed by atoms with Crippen molar-refractivity contribution in [2.24, 2.45) is 0 Å². The Kier molecular flexibility index (Phi) is 8.86. The third-order valence-corrected chi connectivity index (χ3v) is 14.0. The smallest absolute Gasteiger partial charge is 0.101 e. The number of rotatable bonds is 7. The number of benzene rings is 10. The van der Waals surface area contributed by atoms with Crippen molar-refractivity contribution in [3.05, 3.63) is 255 Å². The second kappa shape index (κ2) is 15.7. The molecule has 0 unspecified atom stereocenters. The molecule has 0 radical (unpaired) electrons. The van der Waals surface area contributed by atoms with Gasteiger partial charge in [-0.05, 0) is 70.1 Å². The van der Waals surface area contributed by atoms with E-state index in [1.165, 1.54) is 49.0 Å². The minimum atomic E-state index is 0.957. The van der Waals surface area contributed by atoms with E-state index in [9.17, 15) is 0 Å². The summed E-state index contributed by atoms with van der Waals surface area (Å²) in [6, 6.07) is 92.3. The summed E-state index contributed by atoms with van der Waals surface area (Å²) in [5, 5.41) is 12.9. The lowest BCUT2D eigenvalue weighted by molar-refractivity contribution is 0.981. The van der Waals surface area contributed by atoms with Crippen LogP contribution in [-0.2, 0) is 0 Å². The van der Waals surface area contributed by atoms with Crippen LogP contribution in [0.5, 0.6) is 0 Å². The Labute approximate surface area is 398 Å². The summed E-state index contributed by atoms with van der Waals surface area (Å²) in [6.45, 7) is 0. The van der Waals surface area contributed by atoms with E-state index in [2.05, 4.69) is 268 Å². The Morgan fingerprint density at radius 3 is 1.13 bits per heavy atom. The highest BCUT2D eigenvalue weighted by Gasteiger charge is 2.25. The van der Waals surface area contributed by atoms with E-state index in [1.807, 2.05) is 0 Å². The van der Waals surface area contributed by atoms with E-state index >= 15 is 0 Å². The monoisotopic (exact) mass is 878 g/mol. The fourth-order valence-corrected chi connectivity index (χ4v) is 11.1. The van der Waals surface area contributed by atoms with Gasteiger partial charge in [-0.25, -0.2) is 4.52 Å². The first-order chi connectivity index (χ1) is 34.3. The minimum Gasteiger partial charge on any atom is -0.309 e. The lowest BCUT2D eigenvalue weighted by Crippen LogP contribution is -2.01. The van der Waals surface area contributed by atoms with Crippen molar-refractivity contribution in [2.75, 3.05) is 0 Å². The molecule has 0 aliphatic carbocycles. The fraction of sp³-hybridized carbons (Fsp3) is 0. The summed E-state index contributed by atoms with van der Waals surface area (Å²) < 4.78 is 7.09. The molecule has 4 aromatic heterocycles. The van der Waals surface area contributed by atoms with Crippen LogP contribution in [0.1, 0.15) is 0 Å². The van der Waals surface area contributed by atoms with Crippen LogP contribution in [0.25, 0.3) is 127 Å². The van der Waals surface area contributed by atoms with Crippen molar-refractivity contribution >= 4 is 59.9 Å². The zero-order valence-corrected chi connectivity index (χ0v) is 37.5. The number of fused-ring (bicyclic) bond motifs is 9. The molecule has 14 rings (SSSR count). The van der Waals surface area contributed by atoms with E-state index in [4.69, 9.17) is 5.10 Å². The molecular weight excluding hydrogens is 837 g/mol. The molecule has 0 saturated carbocycles. The fourth-order valence-electron chi connectivity index (χ4n) is 11.1. The van der Waals surface area contributed by atoms with Crippen LogP contribution in [0, 0.1) is 0 Å². The Morgan fingerprint density at radius 1 is 0.261 bits per heavy atom. The van der Waals surface area contributed by atoms with Gasteiger partial charge >= 0.3 is 0 Å². The molecule has 322 valence electrons. The first-order valence-electron chi connectivity index (χ1n) is 23.6. The predicted molar refractivity (Wildman–Crippen MR) is 289 cm³/mol. The van der Waals surface area contributed by atoms with E-state index < -0.39 is 0 Å². The van der Waals surface area contributed by atoms with Gasteiger partial charge in [0.1, 0.15) is 5.69 Å². The molecule has 4 heteroatoms. The van der Waals surface area contributed by atoms with Gasteiger partial charge in [0.15, 0.2) is 0 Å². The van der Waals surface area contributed by atoms with Crippen molar-refractivity contribution in [2.45, 2.75) is 0 Å². The molecule has 10 aromatic carbocycles.